The summed E-state index contributed by atoms with van der Waals surface area (Å²) in [6, 6.07) is 0. The third-order valence-corrected chi connectivity index (χ3v) is 10.6. The number of fused-ring (bicyclic) bond motifs is 4. The summed E-state index contributed by atoms with van der Waals surface area (Å²) in [7, 11) is 0. The first-order valence-electron chi connectivity index (χ1n) is 13.6. The molecular formula is C29H48O3. The minimum absolute atomic E-state index is 0.0769. The quantitative estimate of drug-likeness (QED) is 0.347. The van der Waals surface area contributed by atoms with Gasteiger partial charge < -0.3 is 9.84 Å². The van der Waals surface area contributed by atoms with Crippen LogP contribution >= 0.6 is 0 Å². The molecule has 3 fully saturated rings. The Balaban J connectivity index is 1.54. The first-order chi connectivity index (χ1) is 15.0. The molecule has 0 spiro atoms. The number of rotatable bonds is 6. The fourth-order valence-electron chi connectivity index (χ4n) is 8.78. The summed E-state index contributed by atoms with van der Waals surface area (Å²) < 4.78 is 5.55. The zero-order valence-electron chi connectivity index (χ0n) is 21.6. The molecule has 0 aromatic rings. The van der Waals surface area contributed by atoms with E-state index >= 15 is 0 Å². The Morgan fingerprint density at radius 3 is 2.50 bits per heavy atom. The van der Waals surface area contributed by atoms with Crippen LogP contribution < -0.4 is 0 Å². The van der Waals surface area contributed by atoms with Gasteiger partial charge in [-0.2, -0.15) is 0 Å². The second kappa shape index (κ2) is 8.75. The largest absolute Gasteiger partial charge is 0.462 e. The van der Waals surface area contributed by atoms with Crippen molar-refractivity contribution in [3.05, 3.63) is 11.1 Å². The normalized spacial score (nSPS) is 42.3. The minimum atomic E-state index is -0.698. The van der Waals surface area contributed by atoms with Crippen LogP contribution in [0.15, 0.2) is 11.1 Å². The molecule has 0 heterocycles. The van der Waals surface area contributed by atoms with Crippen LogP contribution in [0, 0.1) is 34.5 Å². The summed E-state index contributed by atoms with van der Waals surface area (Å²) in [6.07, 6.45) is 13.5. The molecule has 0 aliphatic heterocycles. The van der Waals surface area contributed by atoms with E-state index in [0.29, 0.717) is 17.8 Å². The van der Waals surface area contributed by atoms with Gasteiger partial charge in [-0.05, 0) is 80.5 Å². The van der Waals surface area contributed by atoms with Crippen molar-refractivity contribution < 1.29 is 14.6 Å². The molecule has 0 amide bonds. The third kappa shape index (κ3) is 3.99. The Labute approximate surface area is 196 Å². The van der Waals surface area contributed by atoms with E-state index in [1.54, 1.807) is 11.1 Å². The number of aliphatic hydroxyl groups is 1. The zero-order valence-corrected chi connectivity index (χ0v) is 21.6. The minimum Gasteiger partial charge on any atom is -0.462 e. The van der Waals surface area contributed by atoms with Gasteiger partial charge in [0.05, 0.1) is 5.60 Å². The second-order valence-electron chi connectivity index (χ2n) is 12.9. The summed E-state index contributed by atoms with van der Waals surface area (Å²) in [4.78, 5) is 11.5. The van der Waals surface area contributed by atoms with Crippen LogP contribution in [0.2, 0.25) is 0 Å². The van der Waals surface area contributed by atoms with Crippen LogP contribution in [-0.4, -0.2) is 22.8 Å². The average Bonchev–Trinajstić information content (AvgIpc) is 3.05. The molecule has 4 aliphatic carbocycles. The second-order valence-corrected chi connectivity index (χ2v) is 12.9. The molecule has 4 rings (SSSR count). The highest BCUT2D eigenvalue weighted by Gasteiger charge is 2.61. The lowest BCUT2D eigenvalue weighted by molar-refractivity contribution is -0.188. The molecule has 3 nitrogen and oxygen atoms in total. The van der Waals surface area contributed by atoms with Gasteiger partial charge in [-0.25, -0.2) is 0 Å². The van der Waals surface area contributed by atoms with Crippen molar-refractivity contribution in [2.24, 2.45) is 34.5 Å². The fourth-order valence-corrected chi connectivity index (χ4v) is 8.78. The zero-order chi connectivity index (χ0) is 23.3. The van der Waals surface area contributed by atoms with E-state index in [0.717, 1.165) is 43.4 Å². The van der Waals surface area contributed by atoms with Gasteiger partial charge in [0.25, 0.3) is 0 Å². The lowest BCUT2D eigenvalue weighted by Crippen LogP contribution is -2.60. The van der Waals surface area contributed by atoms with Crippen LogP contribution in [0.5, 0.6) is 0 Å². The molecule has 4 aliphatic rings. The van der Waals surface area contributed by atoms with Crippen LogP contribution in [0.4, 0.5) is 0 Å². The van der Waals surface area contributed by atoms with E-state index in [9.17, 15) is 9.90 Å². The molecule has 0 aromatic heterocycles. The Morgan fingerprint density at radius 2 is 1.81 bits per heavy atom. The Hall–Kier alpha value is -0.830. The molecule has 3 saturated carbocycles. The highest BCUT2D eigenvalue weighted by molar-refractivity contribution is 5.66. The molecule has 7 atom stereocenters. The molecule has 0 radical (unpaired) electrons. The first-order valence-corrected chi connectivity index (χ1v) is 13.6. The van der Waals surface area contributed by atoms with Crippen LogP contribution in [0.25, 0.3) is 0 Å². The van der Waals surface area contributed by atoms with E-state index in [1.165, 1.54) is 51.9 Å². The van der Waals surface area contributed by atoms with Gasteiger partial charge in [0.2, 0.25) is 0 Å². The van der Waals surface area contributed by atoms with E-state index in [4.69, 9.17) is 4.74 Å². The number of hydrogen-bond donors (Lipinski definition) is 1. The molecule has 0 aromatic carbocycles. The van der Waals surface area contributed by atoms with Gasteiger partial charge in [0.15, 0.2) is 0 Å². The summed E-state index contributed by atoms with van der Waals surface area (Å²) >= 11 is 0. The van der Waals surface area contributed by atoms with Crippen molar-refractivity contribution in [2.45, 2.75) is 130 Å². The van der Waals surface area contributed by atoms with E-state index in [-0.39, 0.29) is 17.5 Å². The van der Waals surface area contributed by atoms with Gasteiger partial charge in [0, 0.05) is 18.8 Å². The summed E-state index contributed by atoms with van der Waals surface area (Å²) in [5.74, 6) is 2.74. The lowest BCUT2D eigenvalue weighted by Gasteiger charge is -2.60. The highest BCUT2D eigenvalue weighted by Crippen LogP contribution is 2.66. The predicted octanol–water partition coefficient (Wildman–Crippen LogP) is 7.22. The van der Waals surface area contributed by atoms with Crippen LogP contribution in [0.3, 0.4) is 0 Å². The lowest BCUT2D eigenvalue weighted by atomic mass is 9.47. The Bertz CT molecular complexity index is 754. The van der Waals surface area contributed by atoms with Gasteiger partial charge in [-0.1, -0.05) is 65.0 Å². The van der Waals surface area contributed by atoms with Crippen molar-refractivity contribution in [1.29, 1.82) is 0 Å². The summed E-state index contributed by atoms with van der Waals surface area (Å²) in [5, 5.41) is 11.8. The molecule has 0 bridgehead atoms. The monoisotopic (exact) mass is 444 g/mol. The van der Waals surface area contributed by atoms with E-state index in [2.05, 4.69) is 34.6 Å². The first kappa shape index (κ1) is 24.3. The molecule has 0 saturated heterocycles. The molecule has 1 N–H and O–H groups in total. The van der Waals surface area contributed by atoms with Gasteiger partial charge in [-0.15, -0.1) is 0 Å². The van der Waals surface area contributed by atoms with Crippen molar-refractivity contribution in [1.82, 2.24) is 0 Å². The Morgan fingerprint density at radius 1 is 1.06 bits per heavy atom. The maximum Gasteiger partial charge on any atom is 0.302 e. The molecule has 182 valence electrons. The van der Waals surface area contributed by atoms with Crippen LogP contribution in [-0.2, 0) is 9.53 Å². The van der Waals surface area contributed by atoms with Gasteiger partial charge >= 0.3 is 5.97 Å². The summed E-state index contributed by atoms with van der Waals surface area (Å²) in [6.45, 7) is 13.6. The fraction of sp³-hybridized carbons (Fsp3) is 0.897. The number of carbonyl (C=O) groups excluding carboxylic acids is 1. The van der Waals surface area contributed by atoms with E-state index in [1.807, 2.05) is 0 Å². The molecular weight excluding hydrogens is 396 g/mol. The average molecular weight is 445 g/mol. The van der Waals surface area contributed by atoms with E-state index < -0.39 is 5.60 Å². The standard InChI is InChI=1S/C29H48O3/c1-19(2)8-7-9-20(3)24-10-11-25-23-13-17-29(31)18-22(32-21(4)30)12-16-28(29,6)26(23)14-15-27(24,25)5/h19-20,22,24,26,31H,7-18H2,1-6H3/t20-,22+,24-,26+,27-,28-,29-/m1/s1. The maximum absolute atomic E-state index is 11.8. The number of carbonyl (C=O) groups is 1. The van der Waals surface area contributed by atoms with Crippen molar-refractivity contribution in [2.75, 3.05) is 0 Å². The number of hydrogen-bond acceptors (Lipinski definition) is 3. The van der Waals surface area contributed by atoms with Gasteiger partial charge in [0.1, 0.15) is 6.10 Å². The smallest absolute Gasteiger partial charge is 0.302 e. The summed E-state index contributed by atoms with van der Waals surface area (Å²) in [5.41, 5.74) is 3.13. The predicted molar refractivity (Wildman–Crippen MR) is 130 cm³/mol. The van der Waals surface area contributed by atoms with Crippen molar-refractivity contribution in [3.63, 3.8) is 0 Å². The SMILES string of the molecule is CC(=O)O[C@H]1CC[C@]2(C)[C@H]3CC[C@@]4(C)C(=C3CC[C@@]2(O)C1)CC[C@@H]4[C@H](C)CCCC(C)C. The molecule has 0 unspecified atom stereocenters. The van der Waals surface area contributed by atoms with Crippen molar-refractivity contribution in [3.8, 4) is 0 Å². The third-order valence-electron chi connectivity index (χ3n) is 10.6. The highest BCUT2D eigenvalue weighted by atomic mass is 16.5. The number of ether oxygens (including phenoxy) is 1. The van der Waals surface area contributed by atoms with Crippen LogP contribution in [0.1, 0.15) is 119 Å². The topological polar surface area (TPSA) is 46.5 Å². The van der Waals surface area contributed by atoms with Crippen molar-refractivity contribution >= 4 is 5.97 Å². The number of allylic oxidation sites excluding steroid dienone is 2. The maximum atomic E-state index is 11.8. The molecule has 32 heavy (non-hydrogen) atoms. The van der Waals surface area contributed by atoms with Gasteiger partial charge in [-0.3, -0.25) is 4.79 Å². The molecule has 3 heteroatoms. The Kier molecular flexibility index (Phi) is 6.64. The number of esters is 1.